The predicted molar refractivity (Wildman–Crippen MR) is 102 cm³/mol. The van der Waals surface area contributed by atoms with Crippen molar-refractivity contribution in [2.24, 2.45) is 5.73 Å². The fourth-order valence-corrected chi connectivity index (χ4v) is 3.89. The van der Waals surface area contributed by atoms with Crippen molar-refractivity contribution >= 4 is 17.3 Å². The van der Waals surface area contributed by atoms with Crippen molar-refractivity contribution in [2.45, 2.75) is 31.1 Å². The molecule has 0 radical (unpaired) electrons. The van der Waals surface area contributed by atoms with Crippen molar-refractivity contribution in [3.8, 4) is 0 Å². The van der Waals surface area contributed by atoms with E-state index in [9.17, 15) is 4.79 Å². The molecule has 0 atom stereocenters. The van der Waals surface area contributed by atoms with Crippen molar-refractivity contribution in [3.05, 3.63) is 59.2 Å². The minimum atomic E-state index is -0.0588. The number of nitrogens with two attached hydrogens (primary N) is 1. The number of hydrogen-bond donors (Lipinski definition) is 2. The number of fused-ring (bicyclic) bond motifs is 1. The summed E-state index contributed by atoms with van der Waals surface area (Å²) in [6, 6.07) is 14.1. The van der Waals surface area contributed by atoms with E-state index in [4.69, 9.17) is 5.73 Å². The third-order valence-corrected chi connectivity index (χ3v) is 5.69. The smallest absolute Gasteiger partial charge is 0.255 e. The van der Waals surface area contributed by atoms with E-state index in [2.05, 4.69) is 35.5 Å². The molecule has 0 spiro atoms. The Balaban J connectivity index is 1.55. The molecule has 1 fully saturated rings. The van der Waals surface area contributed by atoms with Crippen LogP contribution in [0.4, 0.5) is 11.4 Å². The number of anilines is 2. The summed E-state index contributed by atoms with van der Waals surface area (Å²) in [6.07, 6.45) is 4.53. The average Bonchev–Trinajstić information content (AvgIpc) is 3.43. The summed E-state index contributed by atoms with van der Waals surface area (Å²) < 4.78 is 0. The molecule has 1 saturated carbocycles. The second-order valence-corrected chi connectivity index (χ2v) is 7.35. The number of carbonyl (C=O) groups excluding carboxylic acids is 1. The van der Waals surface area contributed by atoms with Gasteiger partial charge >= 0.3 is 0 Å². The summed E-state index contributed by atoms with van der Waals surface area (Å²) in [4.78, 5) is 14.9. The highest BCUT2D eigenvalue weighted by Gasteiger charge is 2.42. The number of para-hydroxylation sites is 1. The minimum absolute atomic E-state index is 0.0588. The Hall–Kier alpha value is -2.33. The van der Waals surface area contributed by atoms with Gasteiger partial charge in [0.2, 0.25) is 0 Å². The maximum Gasteiger partial charge on any atom is 0.255 e. The van der Waals surface area contributed by atoms with Crippen molar-refractivity contribution in [1.82, 2.24) is 0 Å². The molecule has 4 heteroatoms. The lowest BCUT2D eigenvalue weighted by Gasteiger charge is -2.29. The Morgan fingerprint density at radius 2 is 1.96 bits per heavy atom. The molecular formula is C21H25N3O. The monoisotopic (exact) mass is 335 g/mol. The maximum absolute atomic E-state index is 12.7. The standard InChI is InChI=1S/C21H25N3O/c1-24-13-3-5-15-4-2-6-18(19(15)24)23-20(25)16-7-9-17(10-8-16)21(14-22)11-12-21/h2,4,6-10H,3,5,11-14,22H2,1H3,(H,23,25). The molecule has 4 nitrogen and oxygen atoms in total. The SMILES string of the molecule is CN1CCCc2cccc(NC(=O)c3ccc(C4(CN)CC4)cc3)c21. The highest BCUT2D eigenvalue weighted by molar-refractivity contribution is 6.06. The lowest BCUT2D eigenvalue weighted by Crippen LogP contribution is -2.26. The summed E-state index contributed by atoms with van der Waals surface area (Å²) in [7, 11) is 2.09. The van der Waals surface area contributed by atoms with Crippen LogP contribution < -0.4 is 16.0 Å². The molecule has 25 heavy (non-hydrogen) atoms. The molecule has 1 aliphatic heterocycles. The molecule has 2 aromatic carbocycles. The van der Waals surface area contributed by atoms with Gasteiger partial charge in [0.05, 0.1) is 11.4 Å². The van der Waals surface area contributed by atoms with E-state index >= 15 is 0 Å². The van der Waals surface area contributed by atoms with Crippen molar-refractivity contribution in [2.75, 3.05) is 30.4 Å². The maximum atomic E-state index is 12.7. The number of aryl methyl sites for hydroxylation is 1. The molecule has 1 amide bonds. The van der Waals surface area contributed by atoms with Crippen LogP contribution in [0.3, 0.4) is 0 Å². The summed E-state index contributed by atoms with van der Waals surface area (Å²) in [5.41, 5.74) is 11.4. The topological polar surface area (TPSA) is 58.4 Å². The van der Waals surface area contributed by atoms with E-state index in [0.29, 0.717) is 12.1 Å². The van der Waals surface area contributed by atoms with Crippen molar-refractivity contribution < 1.29 is 4.79 Å². The number of carbonyl (C=O) groups is 1. The van der Waals surface area contributed by atoms with Crippen LogP contribution in [0.2, 0.25) is 0 Å². The Morgan fingerprint density at radius 1 is 1.20 bits per heavy atom. The number of hydrogen-bond acceptors (Lipinski definition) is 3. The van der Waals surface area contributed by atoms with E-state index in [0.717, 1.165) is 43.6 Å². The van der Waals surface area contributed by atoms with Gasteiger partial charge < -0.3 is 16.0 Å². The minimum Gasteiger partial charge on any atom is -0.373 e. The van der Waals surface area contributed by atoms with Gasteiger partial charge in [0.15, 0.2) is 0 Å². The molecule has 1 heterocycles. The summed E-state index contributed by atoms with van der Waals surface area (Å²) in [5, 5.41) is 3.10. The number of rotatable bonds is 4. The van der Waals surface area contributed by atoms with Crippen LogP contribution in [-0.2, 0) is 11.8 Å². The van der Waals surface area contributed by atoms with Gasteiger partial charge in [-0.1, -0.05) is 24.3 Å². The van der Waals surface area contributed by atoms with Crippen LogP contribution in [0.15, 0.2) is 42.5 Å². The summed E-state index contributed by atoms with van der Waals surface area (Å²) >= 11 is 0. The summed E-state index contributed by atoms with van der Waals surface area (Å²) in [5.74, 6) is -0.0588. The molecule has 0 aromatic heterocycles. The molecular weight excluding hydrogens is 310 g/mol. The lowest BCUT2D eigenvalue weighted by molar-refractivity contribution is 0.102. The van der Waals surface area contributed by atoms with E-state index in [-0.39, 0.29) is 11.3 Å². The van der Waals surface area contributed by atoms with Crippen LogP contribution in [0, 0.1) is 0 Å². The van der Waals surface area contributed by atoms with Gasteiger partial charge in [-0.15, -0.1) is 0 Å². The van der Waals surface area contributed by atoms with Gasteiger partial charge in [0, 0.05) is 31.1 Å². The number of nitrogens with zero attached hydrogens (tertiary/aromatic N) is 1. The van der Waals surface area contributed by atoms with Gasteiger partial charge in [-0.05, 0) is 55.0 Å². The fourth-order valence-electron chi connectivity index (χ4n) is 3.89. The van der Waals surface area contributed by atoms with Crippen LogP contribution in [0.5, 0.6) is 0 Å². The van der Waals surface area contributed by atoms with Gasteiger partial charge in [0.1, 0.15) is 0 Å². The molecule has 3 N–H and O–H groups in total. The first-order valence-electron chi connectivity index (χ1n) is 9.08. The first kappa shape index (κ1) is 16.2. The Labute approximate surface area is 149 Å². The van der Waals surface area contributed by atoms with E-state index in [1.807, 2.05) is 24.3 Å². The third-order valence-electron chi connectivity index (χ3n) is 5.69. The zero-order valence-electron chi connectivity index (χ0n) is 14.7. The zero-order chi connectivity index (χ0) is 17.4. The Bertz CT molecular complexity index is 793. The highest BCUT2D eigenvalue weighted by Crippen LogP contribution is 2.47. The van der Waals surface area contributed by atoms with E-state index < -0.39 is 0 Å². The first-order valence-corrected chi connectivity index (χ1v) is 9.08. The van der Waals surface area contributed by atoms with Crippen LogP contribution in [0.25, 0.3) is 0 Å². The highest BCUT2D eigenvalue weighted by atomic mass is 16.1. The molecule has 2 aliphatic rings. The van der Waals surface area contributed by atoms with Gasteiger partial charge in [-0.25, -0.2) is 0 Å². The molecule has 1 aliphatic carbocycles. The van der Waals surface area contributed by atoms with Crippen molar-refractivity contribution in [3.63, 3.8) is 0 Å². The molecule has 4 rings (SSSR count). The molecule has 0 saturated heterocycles. The quantitative estimate of drug-likeness (QED) is 0.901. The second-order valence-electron chi connectivity index (χ2n) is 7.35. The zero-order valence-corrected chi connectivity index (χ0v) is 14.7. The van der Waals surface area contributed by atoms with Gasteiger partial charge in [-0.3, -0.25) is 4.79 Å². The van der Waals surface area contributed by atoms with Gasteiger partial charge in [-0.2, -0.15) is 0 Å². The summed E-state index contributed by atoms with van der Waals surface area (Å²) in [6.45, 7) is 1.71. The average molecular weight is 335 g/mol. The fraction of sp³-hybridized carbons (Fsp3) is 0.381. The first-order chi connectivity index (χ1) is 12.1. The number of amides is 1. The molecule has 130 valence electrons. The van der Waals surface area contributed by atoms with Crippen molar-refractivity contribution in [1.29, 1.82) is 0 Å². The van der Waals surface area contributed by atoms with Crippen LogP contribution >= 0.6 is 0 Å². The normalized spacial score (nSPS) is 17.8. The van der Waals surface area contributed by atoms with E-state index in [1.54, 1.807) is 0 Å². The van der Waals surface area contributed by atoms with Crippen LogP contribution in [-0.4, -0.2) is 26.0 Å². The molecule has 2 aromatic rings. The number of nitrogens with one attached hydrogen (secondary N) is 1. The molecule has 0 bridgehead atoms. The Morgan fingerprint density at radius 3 is 2.64 bits per heavy atom. The van der Waals surface area contributed by atoms with E-state index in [1.165, 1.54) is 11.1 Å². The van der Waals surface area contributed by atoms with Crippen LogP contribution in [0.1, 0.15) is 40.7 Å². The largest absolute Gasteiger partial charge is 0.373 e. The lowest BCUT2D eigenvalue weighted by atomic mass is 9.95. The predicted octanol–water partition coefficient (Wildman–Crippen LogP) is 3.31. The number of benzene rings is 2. The second kappa shape index (κ2) is 6.19. The van der Waals surface area contributed by atoms with Gasteiger partial charge in [0.25, 0.3) is 5.91 Å². The third kappa shape index (κ3) is 2.91. The molecule has 0 unspecified atom stereocenters. The Kier molecular flexibility index (Phi) is 4.00.